The van der Waals surface area contributed by atoms with Gasteiger partial charge >= 0.3 is 0 Å². The van der Waals surface area contributed by atoms with Gasteiger partial charge in [0.1, 0.15) is 5.75 Å². The fourth-order valence-corrected chi connectivity index (χ4v) is 1.54. The maximum absolute atomic E-state index is 11.7. The Bertz CT molecular complexity index is 599. The molecule has 6 heteroatoms. The van der Waals surface area contributed by atoms with Crippen LogP contribution >= 0.6 is 0 Å². The number of carbonyl (C=O) groups is 1. The van der Waals surface area contributed by atoms with E-state index in [1.165, 1.54) is 12.1 Å². The lowest BCUT2D eigenvalue weighted by molar-refractivity contribution is 0.1000. The molecule has 0 saturated carbocycles. The molecule has 0 unspecified atom stereocenters. The van der Waals surface area contributed by atoms with E-state index in [0.29, 0.717) is 0 Å². The van der Waals surface area contributed by atoms with Crippen LogP contribution in [0.2, 0.25) is 0 Å². The van der Waals surface area contributed by atoms with Crippen molar-refractivity contribution in [3.05, 3.63) is 48.3 Å². The summed E-state index contributed by atoms with van der Waals surface area (Å²) in [5.41, 5.74) is 11.0. The van der Waals surface area contributed by atoms with Crippen molar-refractivity contribution in [2.45, 2.75) is 0 Å². The van der Waals surface area contributed by atoms with E-state index in [0.717, 1.165) is 5.69 Å². The number of aromatic hydroxyl groups is 1. The lowest BCUT2D eigenvalue weighted by atomic mass is 10.1. The average molecular weight is 244 g/mol. The number of aromatic nitrogens is 1. The van der Waals surface area contributed by atoms with Crippen LogP contribution in [0.1, 0.15) is 10.4 Å². The average Bonchev–Trinajstić information content (AvgIpc) is 2.82. The summed E-state index contributed by atoms with van der Waals surface area (Å²) in [4.78, 5) is 15.1. The highest BCUT2D eigenvalue weighted by atomic mass is 16.3. The molecule has 0 spiro atoms. The highest BCUT2D eigenvalue weighted by Crippen LogP contribution is 2.21. The Morgan fingerprint density at radius 2 is 1.89 bits per heavy atom. The van der Waals surface area contributed by atoms with Gasteiger partial charge in [-0.1, -0.05) is 0 Å². The van der Waals surface area contributed by atoms with Crippen LogP contribution in [0.25, 0.3) is 5.69 Å². The third-order valence-electron chi connectivity index (χ3n) is 2.34. The van der Waals surface area contributed by atoms with Crippen molar-refractivity contribution in [3.8, 4) is 11.4 Å². The molecule has 1 amide bonds. The van der Waals surface area contributed by atoms with Gasteiger partial charge in [-0.2, -0.15) is 4.99 Å². The monoisotopic (exact) mass is 244 g/mol. The van der Waals surface area contributed by atoms with Crippen molar-refractivity contribution in [3.63, 3.8) is 0 Å². The highest BCUT2D eigenvalue weighted by Gasteiger charge is 2.12. The van der Waals surface area contributed by atoms with E-state index in [1.807, 2.05) is 24.5 Å². The van der Waals surface area contributed by atoms with E-state index in [9.17, 15) is 9.90 Å². The summed E-state index contributed by atoms with van der Waals surface area (Å²) < 4.78 is 1.80. The highest BCUT2D eigenvalue weighted by molar-refractivity contribution is 6.03. The van der Waals surface area contributed by atoms with Crippen molar-refractivity contribution in [1.29, 1.82) is 0 Å². The molecule has 0 fully saturated rings. The number of carbonyl (C=O) groups excluding carboxylic acids is 1. The lowest BCUT2D eigenvalue weighted by Gasteiger charge is -2.06. The number of hydrogen-bond acceptors (Lipinski definition) is 2. The van der Waals surface area contributed by atoms with Crippen LogP contribution in [-0.4, -0.2) is 21.5 Å². The summed E-state index contributed by atoms with van der Waals surface area (Å²) >= 11 is 0. The molecule has 18 heavy (non-hydrogen) atoms. The first-order valence-corrected chi connectivity index (χ1v) is 5.18. The molecule has 0 atom stereocenters. The van der Waals surface area contributed by atoms with Gasteiger partial charge in [0, 0.05) is 18.1 Å². The predicted molar refractivity (Wildman–Crippen MR) is 67.6 cm³/mol. The molecule has 2 aromatic rings. The number of nitrogens with two attached hydrogens (primary N) is 2. The zero-order valence-corrected chi connectivity index (χ0v) is 9.45. The summed E-state index contributed by atoms with van der Waals surface area (Å²) in [5, 5.41) is 9.63. The van der Waals surface area contributed by atoms with Gasteiger partial charge < -0.3 is 21.1 Å². The summed E-state index contributed by atoms with van der Waals surface area (Å²) in [6.45, 7) is 0. The van der Waals surface area contributed by atoms with E-state index < -0.39 is 5.91 Å². The van der Waals surface area contributed by atoms with Crippen LogP contribution in [-0.2, 0) is 0 Å². The zero-order valence-electron chi connectivity index (χ0n) is 9.45. The normalized spacial score (nSPS) is 10.0. The van der Waals surface area contributed by atoms with Gasteiger partial charge in [0.25, 0.3) is 5.91 Å². The third-order valence-corrected chi connectivity index (χ3v) is 2.34. The molecule has 1 aromatic carbocycles. The van der Waals surface area contributed by atoms with Crippen molar-refractivity contribution < 1.29 is 9.90 Å². The van der Waals surface area contributed by atoms with Crippen LogP contribution in [0, 0.1) is 0 Å². The minimum Gasteiger partial charge on any atom is -0.507 e. The first kappa shape index (κ1) is 11.7. The van der Waals surface area contributed by atoms with Crippen molar-refractivity contribution >= 4 is 11.9 Å². The smallest absolute Gasteiger partial charge is 0.284 e. The number of aliphatic imine (C=N–C) groups is 1. The number of benzene rings is 1. The fraction of sp³-hybridized carbons (Fsp3) is 0. The largest absolute Gasteiger partial charge is 0.507 e. The second-order valence-electron chi connectivity index (χ2n) is 3.63. The Morgan fingerprint density at radius 1 is 1.22 bits per heavy atom. The second-order valence-corrected chi connectivity index (χ2v) is 3.63. The maximum Gasteiger partial charge on any atom is 0.284 e. The van der Waals surface area contributed by atoms with Gasteiger partial charge in [-0.15, -0.1) is 0 Å². The maximum atomic E-state index is 11.7. The SMILES string of the molecule is NC(N)=NC(=O)c1cc(-n2cccc2)ccc1O. The van der Waals surface area contributed by atoms with Crippen molar-refractivity contribution in [2.24, 2.45) is 16.5 Å². The van der Waals surface area contributed by atoms with E-state index in [4.69, 9.17) is 11.5 Å². The lowest BCUT2D eigenvalue weighted by Crippen LogP contribution is -2.24. The Kier molecular flexibility index (Phi) is 3.01. The number of hydrogen-bond donors (Lipinski definition) is 3. The zero-order chi connectivity index (χ0) is 13.1. The molecule has 2 rings (SSSR count). The summed E-state index contributed by atoms with van der Waals surface area (Å²) in [6, 6.07) is 8.32. The topological polar surface area (TPSA) is 107 Å². The van der Waals surface area contributed by atoms with E-state index in [1.54, 1.807) is 10.6 Å². The minimum absolute atomic E-state index is 0.0506. The quantitative estimate of drug-likeness (QED) is 0.531. The molecule has 92 valence electrons. The Labute approximate surface area is 103 Å². The molecule has 0 aliphatic heterocycles. The standard InChI is InChI=1S/C12H12N4O2/c13-12(14)15-11(18)9-7-8(3-4-10(9)17)16-5-1-2-6-16/h1-7,17H,(H4,13,14,15,18). The summed E-state index contributed by atoms with van der Waals surface area (Å²) in [7, 11) is 0. The van der Waals surface area contributed by atoms with Crippen LogP contribution < -0.4 is 11.5 Å². The van der Waals surface area contributed by atoms with Gasteiger partial charge in [0.15, 0.2) is 5.96 Å². The van der Waals surface area contributed by atoms with Gasteiger partial charge in [0.05, 0.1) is 5.56 Å². The van der Waals surface area contributed by atoms with Gasteiger partial charge in [-0.05, 0) is 30.3 Å². The van der Waals surface area contributed by atoms with E-state index >= 15 is 0 Å². The summed E-state index contributed by atoms with van der Waals surface area (Å²) in [6.07, 6.45) is 3.64. The number of guanidine groups is 1. The van der Waals surface area contributed by atoms with Gasteiger partial charge in [-0.3, -0.25) is 4.79 Å². The molecular formula is C12H12N4O2. The van der Waals surface area contributed by atoms with E-state index in [2.05, 4.69) is 4.99 Å². The minimum atomic E-state index is -0.679. The van der Waals surface area contributed by atoms with Gasteiger partial charge in [0.2, 0.25) is 0 Å². The van der Waals surface area contributed by atoms with Crippen LogP contribution in [0.3, 0.4) is 0 Å². The predicted octanol–water partition coefficient (Wildman–Crippen LogP) is 0.596. The molecule has 0 saturated heterocycles. The first-order valence-electron chi connectivity index (χ1n) is 5.18. The van der Waals surface area contributed by atoms with Crippen molar-refractivity contribution in [2.75, 3.05) is 0 Å². The number of phenols is 1. The Hall–Kier alpha value is -2.76. The molecule has 1 aromatic heterocycles. The number of rotatable bonds is 2. The van der Waals surface area contributed by atoms with Crippen LogP contribution in [0.15, 0.2) is 47.7 Å². The Morgan fingerprint density at radius 3 is 2.50 bits per heavy atom. The summed E-state index contributed by atoms with van der Waals surface area (Å²) in [5.74, 6) is -1.19. The molecular weight excluding hydrogens is 232 g/mol. The molecule has 1 heterocycles. The molecule has 0 bridgehead atoms. The van der Waals surface area contributed by atoms with Crippen molar-refractivity contribution in [1.82, 2.24) is 4.57 Å². The molecule has 0 aliphatic carbocycles. The molecule has 6 nitrogen and oxygen atoms in total. The van der Waals surface area contributed by atoms with Crippen LogP contribution in [0.5, 0.6) is 5.75 Å². The fourth-order valence-electron chi connectivity index (χ4n) is 1.54. The first-order chi connectivity index (χ1) is 8.58. The van der Waals surface area contributed by atoms with Crippen LogP contribution in [0.4, 0.5) is 0 Å². The third kappa shape index (κ3) is 2.32. The second kappa shape index (κ2) is 4.62. The molecule has 0 aliphatic rings. The number of nitrogens with zero attached hydrogens (tertiary/aromatic N) is 2. The molecule has 5 N–H and O–H groups in total. The van der Waals surface area contributed by atoms with Gasteiger partial charge in [-0.25, -0.2) is 0 Å². The number of phenolic OH excluding ortho intramolecular Hbond substituents is 1. The Balaban J connectivity index is 2.45. The number of amides is 1. The van der Waals surface area contributed by atoms with E-state index in [-0.39, 0.29) is 17.3 Å². The molecule has 0 radical (unpaired) electrons.